The number of rotatable bonds is 6. The number of aliphatic hydroxyl groups excluding tert-OH is 1. The van der Waals surface area contributed by atoms with Crippen LogP contribution in [0.2, 0.25) is 0 Å². The van der Waals surface area contributed by atoms with Crippen molar-refractivity contribution in [3.05, 3.63) is 34.1 Å². The van der Waals surface area contributed by atoms with Crippen molar-refractivity contribution in [1.29, 1.82) is 0 Å². The van der Waals surface area contributed by atoms with Crippen molar-refractivity contribution in [2.45, 2.75) is 6.04 Å². The lowest BCUT2D eigenvalue weighted by Gasteiger charge is -2.18. The molecule has 1 aromatic carbocycles. The molecule has 0 aliphatic heterocycles. The van der Waals surface area contributed by atoms with Crippen LogP contribution in [0.5, 0.6) is 0 Å². The molecular weight excluding hydrogens is 287 g/mol. The molecule has 17 heavy (non-hydrogen) atoms. The summed E-state index contributed by atoms with van der Waals surface area (Å²) >= 11 is 3.11. The van der Waals surface area contributed by atoms with Gasteiger partial charge >= 0.3 is 0 Å². The SMILES string of the molecule is CN(C)CCNC(CO)c1ccc(Br)c(F)c1. The Balaban J connectivity index is 2.62. The molecule has 0 aromatic heterocycles. The summed E-state index contributed by atoms with van der Waals surface area (Å²) < 4.78 is 13.8. The lowest BCUT2D eigenvalue weighted by Crippen LogP contribution is -2.31. The fourth-order valence-electron chi connectivity index (χ4n) is 1.48. The molecule has 0 heterocycles. The predicted molar refractivity (Wildman–Crippen MR) is 70.5 cm³/mol. The highest BCUT2D eigenvalue weighted by Crippen LogP contribution is 2.20. The van der Waals surface area contributed by atoms with Crippen molar-refractivity contribution >= 4 is 15.9 Å². The molecule has 1 aromatic rings. The van der Waals surface area contributed by atoms with E-state index in [1.165, 1.54) is 6.07 Å². The highest BCUT2D eigenvalue weighted by atomic mass is 79.9. The summed E-state index contributed by atoms with van der Waals surface area (Å²) in [6, 6.07) is 4.67. The monoisotopic (exact) mass is 304 g/mol. The first kappa shape index (κ1) is 14.6. The zero-order valence-electron chi connectivity index (χ0n) is 10.1. The summed E-state index contributed by atoms with van der Waals surface area (Å²) in [5.74, 6) is -0.310. The Hall–Kier alpha value is -0.490. The first-order valence-corrected chi connectivity index (χ1v) is 6.28. The number of hydrogen-bond donors (Lipinski definition) is 2. The third-order valence-electron chi connectivity index (χ3n) is 2.48. The van der Waals surface area contributed by atoms with Gasteiger partial charge in [-0.05, 0) is 47.7 Å². The quantitative estimate of drug-likeness (QED) is 0.841. The number of benzene rings is 1. The van der Waals surface area contributed by atoms with Crippen molar-refractivity contribution < 1.29 is 9.50 Å². The average Bonchev–Trinajstić information content (AvgIpc) is 2.28. The molecule has 5 heteroatoms. The first-order valence-electron chi connectivity index (χ1n) is 5.48. The van der Waals surface area contributed by atoms with E-state index >= 15 is 0 Å². The van der Waals surface area contributed by atoms with Gasteiger partial charge in [-0.2, -0.15) is 0 Å². The van der Waals surface area contributed by atoms with Gasteiger partial charge in [-0.3, -0.25) is 0 Å². The maximum absolute atomic E-state index is 13.4. The number of halogens is 2. The minimum absolute atomic E-state index is 0.0471. The second-order valence-corrected chi connectivity index (χ2v) is 5.02. The highest BCUT2D eigenvalue weighted by Gasteiger charge is 2.11. The molecule has 96 valence electrons. The smallest absolute Gasteiger partial charge is 0.137 e. The van der Waals surface area contributed by atoms with Gasteiger partial charge in [0.05, 0.1) is 17.1 Å². The molecule has 0 aliphatic carbocycles. The minimum atomic E-state index is -0.310. The van der Waals surface area contributed by atoms with Crippen molar-refractivity contribution in [3.63, 3.8) is 0 Å². The summed E-state index contributed by atoms with van der Waals surface area (Å²) in [7, 11) is 3.96. The lowest BCUT2D eigenvalue weighted by molar-refractivity contribution is 0.240. The summed E-state index contributed by atoms with van der Waals surface area (Å²) in [6.45, 7) is 1.57. The van der Waals surface area contributed by atoms with E-state index < -0.39 is 0 Å². The first-order chi connectivity index (χ1) is 8.04. The molecule has 1 unspecified atom stereocenters. The largest absolute Gasteiger partial charge is 0.394 e. The standard InChI is InChI=1S/C12H18BrFN2O/c1-16(2)6-5-15-12(8-17)9-3-4-10(13)11(14)7-9/h3-4,7,12,15,17H,5-6,8H2,1-2H3. The Bertz CT molecular complexity index is 360. The van der Waals surface area contributed by atoms with E-state index in [4.69, 9.17) is 0 Å². The molecule has 2 N–H and O–H groups in total. The number of hydrogen-bond acceptors (Lipinski definition) is 3. The van der Waals surface area contributed by atoms with Gasteiger partial charge < -0.3 is 15.3 Å². The molecule has 1 rings (SSSR count). The number of likely N-dealkylation sites (N-methyl/N-ethyl adjacent to an activating group) is 1. The van der Waals surface area contributed by atoms with Crippen molar-refractivity contribution in [2.24, 2.45) is 0 Å². The minimum Gasteiger partial charge on any atom is -0.394 e. The van der Waals surface area contributed by atoms with Crippen LogP contribution in [0, 0.1) is 5.82 Å². The zero-order valence-corrected chi connectivity index (χ0v) is 11.7. The summed E-state index contributed by atoms with van der Waals surface area (Å²) in [5, 5.41) is 12.5. The van der Waals surface area contributed by atoms with Crippen LogP contribution in [0.3, 0.4) is 0 Å². The van der Waals surface area contributed by atoms with Crippen molar-refractivity contribution in [2.75, 3.05) is 33.8 Å². The normalized spacial score (nSPS) is 13.1. The van der Waals surface area contributed by atoms with Gasteiger partial charge in [0.15, 0.2) is 0 Å². The van der Waals surface area contributed by atoms with E-state index in [0.717, 1.165) is 18.7 Å². The van der Waals surface area contributed by atoms with E-state index in [2.05, 4.69) is 21.2 Å². The van der Waals surface area contributed by atoms with Gasteiger partial charge in [0, 0.05) is 13.1 Å². The van der Waals surface area contributed by atoms with Crippen LogP contribution in [-0.2, 0) is 0 Å². The Labute approximate surface area is 110 Å². The second kappa shape index (κ2) is 7.06. The van der Waals surface area contributed by atoms with Gasteiger partial charge in [-0.15, -0.1) is 0 Å². The molecule has 0 radical (unpaired) electrons. The zero-order chi connectivity index (χ0) is 12.8. The van der Waals surface area contributed by atoms with E-state index in [9.17, 15) is 9.50 Å². The van der Waals surface area contributed by atoms with E-state index in [0.29, 0.717) is 4.47 Å². The summed E-state index contributed by atoms with van der Waals surface area (Å²) in [6.07, 6.45) is 0. The molecule has 0 aliphatic rings. The third kappa shape index (κ3) is 4.71. The predicted octanol–water partition coefficient (Wildman–Crippen LogP) is 1.77. The maximum Gasteiger partial charge on any atom is 0.137 e. The van der Waals surface area contributed by atoms with E-state index in [1.807, 2.05) is 19.0 Å². The summed E-state index contributed by atoms with van der Waals surface area (Å²) in [4.78, 5) is 2.05. The number of nitrogens with zero attached hydrogens (tertiary/aromatic N) is 1. The Morgan fingerprint density at radius 1 is 1.47 bits per heavy atom. The van der Waals surface area contributed by atoms with Gasteiger partial charge in [0.2, 0.25) is 0 Å². The van der Waals surface area contributed by atoms with E-state index in [-0.39, 0.29) is 18.5 Å². The molecule has 1 atom stereocenters. The highest BCUT2D eigenvalue weighted by molar-refractivity contribution is 9.10. The Kier molecular flexibility index (Phi) is 6.05. The molecule has 0 bridgehead atoms. The number of aliphatic hydroxyl groups is 1. The molecule has 0 saturated carbocycles. The summed E-state index contributed by atoms with van der Waals surface area (Å²) in [5.41, 5.74) is 0.756. The van der Waals surface area contributed by atoms with Crippen LogP contribution in [0.4, 0.5) is 4.39 Å². The Morgan fingerprint density at radius 3 is 2.71 bits per heavy atom. The van der Waals surface area contributed by atoms with Crippen LogP contribution in [0.15, 0.2) is 22.7 Å². The van der Waals surface area contributed by atoms with Crippen molar-refractivity contribution in [3.8, 4) is 0 Å². The maximum atomic E-state index is 13.4. The second-order valence-electron chi connectivity index (χ2n) is 4.17. The third-order valence-corrected chi connectivity index (χ3v) is 3.12. The molecule has 0 fully saturated rings. The topological polar surface area (TPSA) is 35.5 Å². The van der Waals surface area contributed by atoms with Crippen LogP contribution in [-0.4, -0.2) is 43.8 Å². The molecule has 0 amide bonds. The van der Waals surface area contributed by atoms with Crippen LogP contribution in [0.25, 0.3) is 0 Å². The van der Waals surface area contributed by atoms with Gasteiger partial charge in [-0.1, -0.05) is 6.07 Å². The molecule has 0 spiro atoms. The molecule has 3 nitrogen and oxygen atoms in total. The van der Waals surface area contributed by atoms with Crippen LogP contribution in [0.1, 0.15) is 11.6 Å². The van der Waals surface area contributed by atoms with Gasteiger partial charge in [0.25, 0.3) is 0 Å². The van der Waals surface area contributed by atoms with Crippen molar-refractivity contribution in [1.82, 2.24) is 10.2 Å². The molecular formula is C12H18BrFN2O. The average molecular weight is 305 g/mol. The fourth-order valence-corrected chi connectivity index (χ4v) is 1.73. The number of nitrogens with one attached hydrogen (secondary N) is 1. The van der Waals surface area contributed by atoms with Crippen LogP contribution >= 0.6 is 15.9 Å². The van der Waals surface area contributed by atoms with Gasteiger partial charge in [0.1, 0.15) is 5.82 Å². The fraction of sp³-hybridized carbons (Fsp3) is 0.500. The van der Waals surface area contributed by atoms with E-state index in [1.54, 1.807) is 12.1 Å². The lowest BCUT2D eigenvalue weighted by atomic mass is 10.1. The van der Waals surface area contributed by atoms with Gasteiger partial charge in [-0.25, -0.2) is 4.39 Å². The molecule has 0 saturated heterocycles. The Morgan fingerprint density at radius 2 is 2.18 bits per heavy atom. The van der Waals surface area contributed by atoms with Crippen LogP contribution < -0.4 is 5.32 Å².